The first-order chi connectivity index (χ1) is 16.6. The van der Waals surface area contributed by atoms with E-state index in [9.17, 15) is 9.59 Å². The van der Waals surface area contributed by atoms with Crippen molar-refractivity contribution in [2.75, 3.05) is 57.9 Å². The molecule has 4 rings (SSSR count). The highest BCUT2D eigenvalue weighted by Gasteiger charge is 2.20. The molecule has 1 amide bonds. The normalized spacial score (nSPS) is 16.3. The van der Waals surface area contributed by atoms with Crippen molar-refractivity contribution >= 4 is 23.8 Å². The number of morpholine rings is 1. The second-order valence-corrected chi connectivity index (χ2v) is 8.27. The second-order valence-electron chi connectivity index (χ2n) is 8.27. The lowest BCUT2D eigenvalue weighted by Crippen LogP contribution is -2.35. The first-order valence-electron chi connectivity index (χ1n) is 11.5. The molecule has 9 heteroatoms. The van der Waals surface area contributed by atoms with Gasteiger partial charge in [-0.15, -0.1) is 0 Å². The van der Waals surface area contributed by atoms with Gasteiger partial charge in [0.15, 0.2) is 0 Å². The predicted molar refractivity (Wildman–Crippen MR) is 128 cm³/mol. The Hall–Kier alpha value is -3.27. The Kier molecular flexibility index (Phi) is 8.24. The SMILES string of the molecule is O=C(CN1CCc2cc(NC(=O)c3ccc(/C=N/N4CCOCC4)cc3)ccc2C1)OCCO. The number of hydrogen-bond acceptors (Lipinski definition) is 8. The number of fused-ring (bicyclic) bond motifs is 1. The summed E-state index contributed by atoms with van der Waals surface area (Å²) in [6.45, 7) is 4.38. The van der Waals surface area contributed by atoms with Crippen molar-refractivity contribution in [1.29, 1.82) is 0 Å². The first-order valence-corrected chi connectivity index (χ1v) is 11.5. The van der Waals surface area contributed by atoms with E-state index in [0.717, 1.165) is 48.4 Å². The van der Waals surface area contributed by atoms with Crippen LogP contribution in [0.25, 0.3) is 0 Å². The lowest BCUT2D eigenvalue weighted by Gasteiger charge is -2.28. The summed E-state index contributed by atoms with van der Waals surface area (Å²) in [7, 11) is 0. The number of hydrazone groups is 1. The highest BCUT2D eigenvalue weighted by Crippen LogP contribution is 2.23. The largest absolute Gasteiger partial charge is 0.462 e. The summed E-state index contributed by atoms with van der Waals surface area (Å²) in [6.07, 6.45) is 2.58. The standard InChI is InChI=1S/C25H30N4O5/c30-11-14-34-24(31)18-28-8-7-21-15-23(6-5-22(21)17-28)27-25(32)20-3-1-19(2-4-20)16-26-29-9-12-33-13-10-29/h1-6,15-16,30H,7-14,17-18H2,(H,27,32)/b26-16+. The maximum Gasteiger partial charge on any atom is 0.320 e. The van der Waals surface area contributed by atoms with E-state index in [1.807, 2.05) is 40.2 Å². The van der Waals surface area contributed by atoms with Crippen molar-refractivity contribution in [3.8, 4) is 0 Å². The second kappa shape index (κ2) is 11.7. The number of hydrogen-bond donors (Lipinski definition) is 2. The molecule has 180 valence electrons. The fourth-order valence-electron chi connectivity index (χ4n) is 3.95. The van der Waals surface area contributed by atoms with Crippen molar-refractivity contribution in [3.63, 3.8) is 0 Å². The number of benzene rings is 2. The summed E-state index contributed by atoms with van der Waals surface area (Å²) in [6, 6.07) is 13.2. The Bertz CT molecular complexity index is 1020. The minimum atomic E-state index is -0.334. The maximum atomic E-state index is 12.7. The van der Waals surface area contributed by atoms with Gasteiger partial charge in [-0.3, -0.25) is 19.5 Å². The van der Waals surface area contributed by atoms with Gasteiger partial charge in [-0.1, -0.05) is 18.2 Å². The highest BCUT2D eigenvalue weighted by atomic mass is 16.5. The van der Waals surface area contributed by atoms with Crippen LogP contribution in [-0.2, 0) is 27.2 Å². The van der Waals surface area contributed by atoms with Crippen LogP contribution in [0.1, 0.15) is 27.0 Å². The third-order valence-electron chi connectivity index (χ3n) is 5.79. The van der Waals surface area contributed by atoms with Gasteiger partial charge >= 0.3 is 5.97 Å². The molecule has 0 saturated carbocycles. The first kappa shape index (κ1) is 23.9. The van der Waals surface area contributed by atoms with Gasteiger partial charge < -0.3 is 19.9 Å². The average Bonchev–Trinajstić information content (AvgIpc) is 2.87. The number of nitrogens with zero attached hydrogens (tertiary/aromatic N) is 3. The van der Waals surface area contributed by atoms with Crippen molar-refractivity contribution < 1.29 is 24.2 Å². The number of esters is 1. The zero-order chi connectivity index (χ0) is 23.8. The predicted octanol–water partition coefficient (Wildman–Crippen LogP) is 1.50. The Balaban J connectivity index is 1.30. The van der Waals surface area contributed by atoms with Crippen LogP contribution in [0.5, 0.6) is 0 Å². The van der Waals surface area contributed by atoms with Gasteiger partial charge in [-0.2, -0.15) is 5.10 Å². The van der Waals surface area contributed by atoms with E-state index >= 15 is 0 Å². The van der Waals surface area contributed by atoms with Gasteiger partial charge in [0.2, 0.25) is 0 Å². The summed E-state index contributed by atoms with van der Waals surface area (Å²) in [4.78, 5) is 26.5. The molecule has 1 fully saturated rings. The van der Waals surface area contributed by atoms with Crippen LogP contribution in [0.4, 0.5) is 5.69 Å². The van der Waals surface area contributed by atoms with E-state index in [2.05, 4.69) is 10.4 Å². The van der Waals surface area contributed by atoms with E-state index in [4.69, 9.17) is 14.6 Å². The number of aliphatic hydroxyl groups excluding tert-OH is 1. The molecule has 9 nitrogen and oxygen atoms in total. The minimum Gasteiger partial charge on any atom is -0.462 e. The molecule has 0 radical (unpaired) electrons. The molecular formula is C25H30N4O5. The van der Waals surface area contributed by atoms with Crippen LogP contribution in [0.3, 0.4) is 0 Å². The highest BCUT2D eigenvalue weighted by molar-refractivity contribution is 6.04. The fourth-order valence-corrected chi connectivity index (χ4v) is 3.95. The molecule has 2 aliphatic heterocycles. The summed E-state index contributed by atoms with van der Waals surface area (Å²) >= 11 is 0. The molecule has 2 aliphatic rings. The van der Waals surface area contributed by atoms with E-state index in [1.165, 1.54) is 0 Å². The number of amides is 1. The van der Waals surface area contributed by atoms with E-state index in [1.54, 1.807) is 18.3 Å². The topological polar surface area (TPSA) is 104 Å². The molecule has 2 aromatic carbocycles. The lowest BCUT2D eigenvalue weighted by molar-refractivity contribution is -0.146. The van der Waals surface area contributed by atoms with Crippen molar-refractivity contribution in [2.24, 2.45) is 5.10 Å². The molecule has 34 heavy (non-hydrogen) atoms. The number of anilines is 1. The van der Waals surface area contributed by atoms with Gasteiger partial charge in [-0.25, -0.2) is 0 Å². The summed E-state index contributed by atoms with van der Waals surface area (Å²) < 4.78 is 10.3. The van der Waals surface area contributed by atoms with Crippen molar-refractivity contribution in [2.45, 2.75) is 13.0 Å². The van der Waals surface area contributed by atoms with E-state index in [-0.39, 0.29) is 31.6 Å². The molecule has 0 unspecified atom stereocenters. The van der Waals surface area contributed by atoms with Crippen molar-refractivity contribution in [3.05, 3.63) is 64.7 Å². The number of nitrogens with one attached hydrogen (secondary N) is 1. The summed E-state index contributed by atoms with van der Waals surface area (Å²) in [5, 5.41) is 18.2. The molecule has 0 bridgehead atoms. The number of ether oxygens (including phenoxy) is 2. The number of carbonyl (C=O) groups is 2. The van der Waals surface area contributed by atoms with Crippen LogP contribution in [0.15, 0.2) is 47.6 Å². The van der Waals surface area contributed by atoms with Crippen LogP contribution in [-0.4, -0.2) is 85.7 Å². The molecule has 0 atom stereocenters. The number of rotatable bonds is 8. The van der Waals surface area contributed by atoms with Crippen LogP contribution >= 0.6 is 0 Å². The zero-order valence-electron chi connectivity index (χ0n) is 19.1. The van der Waals surface area contributed by atoms with Crippen LogP contribution in [0, 0.1) is 0 Å². The minimum absolute atomic E-state index is 0.0249. The quantitative estimate of drug-likeness (QED) is 0.449. The third-order valence-corrected chi connectivity index (χ3v) is 5.79. The Morgan fingerprint density at radius 1 is 1.09 bits per heavy atom. The van der Waals surface area contributed by atoms with E-state index in [0.29, 0.717) is 25.3 Å². The molecule has 1 saturated heterocycles. The van der Waals surface area contributed by atoms with Gasteiger partial charge in [-0.05, 0) is 47.4 Å². The molecule has 2 aromatic rings. The molecular weight excluding hydrogens is 436 g/mol. The van der Waals surface area contributed by atoms with Gasteiger partial charge in [0.05, 0.1) is 45.7 Å². The third kappa shape index (κ3) is 6.63. The summed E-state index contributed by atoms with van der Waals surface area (Å²) in [5.41, 5.74) is 4.54. The van der Waals surface area contributed by atoms with Crippen LogP contribution < -0.4 is 5.32 Å². The fraction of sp³-hybridized carbons (Fsp3) is 0.400. The molecule has 0 aliphatic carbocycles. The smallest absolute Gasteiger partial charge is 0.320 e. The number of carbonyl (C=O) groups excluding carboxylic acids is 2. The molecule has 2 N–H and O–H groups in total. The van der Waals surface area contributed by atoms with Gasteiger partial charge in [0.1, 0.15) is 6.61 Å². The Morgan fingerprint density at radius 2 is 1.88 bits per heavy atom. The van der Waals surface area contributed by atoms with E-state index < -0.39 is 0 Å². The average molecular weight is 467 g/mol. The maximum absolute atomic E-state index is 12.7. The van der Waals surface area contributed by atoms with Gasteiger partial charge in [0, 0.05) is 24.3 Å². The molecule has 0 spiro atoms. The van der Waals surface area contributed by atoms with Crippen LogP contribution in [0.2, 0.25) is 0 Å². The molecule has 0 aromatic heterocycles. The summed E-state index contributed by atoms with van der Waals surface area (Å²) in [5.74, 6) is -0.500. The Labute approximate surface area is 199 Å². The monoisotopic (exact) mass is 466 g/mol. The van der Waals surface area contributed by atoms with Gasteiger partial charge in [0.25, 0.3) is 5.91 Å². The zero-order valence-corrected chi connectivity index (χ0v) is 19.1. The Morgan fingerprint density at radius 3 is 2.65 bits per heavy atom. The molecule has 2 heterocycles. The number of aliphatic hydroxyl groups is 1. The van der Waals surface area contributed by atoms with Crippen molar-refractivity contribution in [1.82, 2.24) is 9.91 Å². The lowest BCUT2D eigenvalue weighted by atomic mass is 9.99.